The standard InChI is InChI=1S/C7H17NO2/c1-5(2)3-6(9)7(10)4-8/h5-7,9-10H,3-4,8H2,1-2H3. The van der Waals surface area contributed by atoms with E-state index < -0.39 is 12.2 Å². The predicted molar refractivity (Wildman–Crippen MR) is 40.5 cm³/mol. The first-order valence-electron chi connectivity index (χ1n) is 3.64. The van der Waals surface area contributed by atoms with Gasteiger partial charge in [-0.25, -0.2) is 0 Å². The van der Waals surface area contributed by atoms with Gasteiger partial charge in [0.25, 0.3) is 0 Å². The number of aliphatic hydroxyl groups excluding tert-OH is 2. The van der Waals surface area contributed by atoms with Crippen LogP contribution in [0.1, 0.15) is 20.3 Å². The average Bonchev–Trinajstić information content (AvgIpc) is 1.85. The summed E-state index contributed by atoms with van der Waals surface area (Å²) in [7, 11) is 0. The Labute approximate surface area is 61.9 Å². The van der Waals surface area contributed by atoms with Gasteiger partial charge in [0.15, 0.2) is 0 Å². The van der Waals surface area contributed by atoms with E-state index in [1.165, 1.54) is 0 Å². The Morgan fingerprint density at radius 3 is 2.00 bits per heavy atom. The largest absolute Gasteiger partial charge is 0.390 e. The minimum Gasteiger partial charge on any atom is -0.390 e. The quantitative estimate of drug-likeness (QED) is 0.512. The van der Waals surface area contributed by atoms with Crippen LogP contribution in [-0.4, -0.2) is 29.0 Å². The molecule has 3 heteroatoms. The highest BCUT2D eigenvalue weighted by molar-refractivity contribution is 4.68. The molecule has 0 heterocycles. The van der Waals surface area contributed by atoms with Crippen LogP contribution in [0.5, 0.6) is 0 Å². The molecule has 0 rings (SSSR count). The van der Waals surface area contributed by atoms with E-state index in [1.807, 2.05) is 13.8 Å². The Bertz CT molecular complexity index is 85.7. The van der Waals surface area contributed by atoms with Crippen molar-refractivity contribution >= 4 is 0 Å². The summed E-state index contributed by atoms with van der Waals surface area (Å²) < 4.78 is 0. The molecule has 0 aromatic carbocycles. The summed E-state index contributed by atoms with van der Waals surface area (Å²) in [6, 6.07) is 0. The monoisotopic (exact) mass is 147 g/mol. The first-order chi connectivity index (χ1) is 4.57. The SMILES string of the molecule is CC(C)CC(O)C(O)CN. The number of nitrogens with two attached hydrogens (primary N) is 1. The molecule has 2 unspecified atom stereocenters. The fraction of sp³-hybridized carbons (Fsp3) is 1.00. The van der Waals surface area contributed by atoms with Crippen molar-refractivity contribution in [2.45, 2.75) is 32.5 Å². The van der Waals surface area contributed by atoms with Crippen LogP contribution in [0.25, 0.3) is 0 Å². The van der Waals surface area contributed by atoms with E-state index in [-0.39, 0.29) is 6.54 Å². The van der Waals surface area contributed by atoms with Gasteiger partial charge < -0.3 is 15.9 Å². The lowest BCUT2D eigenvalue weighted by Crippen LogP contribution is -2.33. The van der Waals surface area contributed by atoms with Gasteiger partial charge in [0.05, 0.1) is 12.2 Å². The van der Waals surface area contributed by atoms with Crippen molar-refractivity contribution in [2.24, 2.45) is 11.7 Å². The van der Waals surface area contributed by atoms with Crippen LogP contribution < -0.4 is 5.73 Å². The highest BCUT2D eigenvalue weighted by Crippen LogP contribution is 2.06. The lowest BCUT2D eigenvalue weighted by atomic mass is 10.0. The molecule has 62 valence electrons. The fourth-order valence-corrected chi connectivity index (χ4v) is 0.797. The van der Waals surface area contributed by atoms with Crippen molar-refractivity contribution in [1.82, 2.24) is 0 Å². The maximum atomic E-state index is 9.16. The molecule has 0 aliphatic heterocycles. The van der Waals surface area contributed by atoms with Crippen molar-refractivity contribution in [1.29, 1.82) is 0 Å². The fourth-order valence-electron chi connectivity index (χ4n) is 0.797. The second-order valence-electron chi connectivity index (χ2n) is 3.00. The zero-order valence-electron chi connectivity index (χ0n) is 6.62. The lowest BCUT2D eigenvalue weighted by Gasteiger charge is -2.17. The summed E-state index contributed by atoms with van der Waals surface area (Å²) in [5, 5.41) is 18.2. The van der Waals surface area contributed by atoms with Crippen LogP contribution in [0.3, 0.4) is 0 Å². The van der Waals surface area contributed by atoms with Crippen molar-refractivity contribution < 1.29 is 10.2 Å². The van der Waals surface area contributed by atoms with E-state index in [9.17, 15) is 0 Å². The third-order valence-electron chi connectivity index (χ3n) is 1.40. The number of rotatable bonds is 4. The summed E-state index contributed by atoms with van der Waals surface area (Å²) in [4.78, 5) is 0. The molecule has 0 spiro atoms. The highest BCUT2D eigenvalue weighted by atomic mass is 16.3. The van der Waals surface area contributed by atoms with E-state index in [0.29, 0.717) is 12.3 Å². The summed E-state index contributed by atoms with van der Waals surface area (Å²) in [6.07, 6.45) is -0.814. The normalized spacial score (nSPS) is 17.4. The Kier molecular flexibility index (Phi) is 4.60. The minimum absolute atomic E-state index is 0.133. The molecule has 0 aliphatic carbocycles. The van der Waals surface area contributed by atoms with Crippen LogP contribution in [-0.2, 0) is 0 Å². The van der Waals surface area contributed by atoms with Crippen LogP contribution >= 0.6 is 0 Å². The number of hydrogen-bond acceptors (Lipinski definition) is 3. The molecule has 4 N–H and O–H groups in total. The molecule has 0 saturated heterocycles. The van der Waals surface area contributed by atoms with Gasteiger partial charge in [0.1, 0.15) is 0 Å². The number of hydrogen-bond donors (Lipinski definition) is 3. The lowest BCUT2D eigenvalue weighted by molar-refractivity contribution is 0.0131. The van der Waals surface area contributed by atoms with Crippen LogP contribution in [0, 0.1) is 5.92 Å². The molecule has 0 bridgehead atoms. The molecule has 3 nitrogen and oxygen atoms in total. The second-order valence-corrected chi connectivity index (χ2v) is 3.00. The van der Waals surface area contributed by atoms with Crippen molar-refractivity contribution in [3.63, 3.8) is 0 Å². The molecule has 0 aromatic heterocycles. The Morgan fingerprint density at radius 1 is 1.20 bits per heavy atom. The van der Waals surface area contributed by atoms with Gasteiger partial charge in [0, 0.05) is 6.54 Å². The molecule has 0 fully saturated rings. The minimum atomic E-state index is -0.762. The van der Waals surface area contributed by atoms with Crippen LogP contribution in [0.2, 0.25) is 0 Å². The molecule has 0 aromatic rings. The van der Waals surface area contributed by atoms with Crippen LogP contribution in [0.15, 0.2) is 0 Å². The van der Waals surface area contributed by atoms with E-state index >= 15 is 0 Å². The van der Waals surface area contributed by atoms with Gasteiger partial charge in [-0.1, -0.05) is 13.8 Å². The summed E-state index contributed by atoms with van der Waals surface area (Å²) in [5.41, 5.74) is 5.14. The van der Waals surface area contributed by atoms with Crippen molar-refractivity contribution in [2.75, 3.05) is 6.54 Å². The molecule has 0 amide bonds. The molecule has 10 heavy (non-hydrogen) atoms. The van der Waals surface area contributed by atoms with E-state index in [2.05, 4.69) is 0 Å². The van der Waals surface area contributed by atoms with Crippen molar-refractivity contribution in [3.8, 4) is 0 Å². The average molecular weight is 147 g/mol. The first-order valence-corrected chi connectivity index (χ1v) is 3.64. The third-order valence-corrected chi connectivity index (χ3v) is 1.40. The van der Waals surface area contributed by atoms with Gasteiger partial charge in [0.2, 0.25) is 0 Å². The third kappa shape index (κ3) is 3.82. The van der Waals surface area contributed by atoms with Gasteiger partial charge >= 0.3 is 0 Å². The summed E-state index contributed by atoms with van der Waals surface area (Å²) in [5.74, 6) is 0.399. The Morgan fingerprint density at radius 2 is 1.70 bits per heavy atom. The van der Waals surface area contributed by atoms with Gasteiger partial charge in [-0.3, -0.25) is 0 Å². The van der Waals surface area contributed by atoms with E-state index in [4.69, 9.17) is 15.9 Å². The van der Waals surface area contributed by atoms with Crippen LogP contribution in [0.4, 0.5) is 0 Å². The first kappa shape index (κ1) is 9.88. The van der Waals surface area contributed by atoms with Crippen molar-refractivity contribution in [3.05, 3.63) is 0 Å². The summed E-state index contributed by atoms with van der Waals surface area (Å²) >= 11 is 0. The Balaban J connectivity index is 3.50. The highest BCUT2D eigenvalue weighted by Gasteiger charge is 2.14. The maximum Gasteiger partial charge on any atom is 0.0920 e. The van der Waals surface area contributed by atoms with Gasteiger partial charge in [-0.15, -0.1) is 0 Å². The zero-order chi connectivity index (χ0) is 8.15. The second kappa shape index (κ2) is 4.66. The Hall–Kier alpha value is -0.120. The molecular weight excluding hydrogens is 130 g/mol. The van der Waals surface area contributed by atoms with E-state index in [0.717, 1.165) is 0 Å². The topological polar surface area (TPSA) is 66.5 Å². The van der Waals surface area contributed by atoms with E-state index in [1.54, 1.807) is 0 Å². The predicted octanol–water partition coefficient (Wildman–Crippen LogP) is -0.287. The molecule has 0 aliphatic rings. The summed E-state index contributed by atoms with van der Waals surface area (Å²) in [6.45, 7) is 4.12. The zero-order valence-corrected chi connectivity index (χ0v) is 6.62. The van der Waals surface area contributed by atoms with Gasteiger partial charge in [-0.2, -0.15) is 0 Å². The van der Waals surface area contributed by atoms with Gasteiger partial charge in [-0.05, 0) is 12.3 Å². The number of aliphatic hydroxyl groups is 2. The molecule has 2 atom stereocenters. The molecule has 0 radical (unpaired) electrons. The maximum absolute atomic E-state index is 9.16. The molecule has 0 saturated carbocycles. The smallest absolute Gasteiger partial charge is 0.0920 e. The molecular formula is C7H17NO2.